The molecule has 1 heteroatoms. The molecule has 0 fully saturated rings. The lowest BCUT2D eigenvalue weighted by Gasteiger charge is -2.44. The van der Waals surface area contributed by atoms with Crippen LogP contribution < -0.4 is 0 Å². The molecule has 0 aromatic rings. The lowest BCUT2D eigenvalue weighted by atomic mass is 9.71. The molecule has 0 spiro atoms. The van der Waals surface area contributed by atoms with Crippen molar-refractivity contribution >= 4 is 0 Å². The minimum absolute atomic E-state index is 0.0208. The average molecular weight is 158 g/mol. The summed E-state index contributed by atoms with van der Waals surface area (Å²) < 4.78 is 5.56. The summed E-state index contributed by atoms with van der Waals surface area (Å²) in [4.78, 5) is 0. The molecule has 0 aliphatic rings. The maximum atomic E-state index is 5.56. The van der Waals surface area contributed by atoms with E-state index in [1.165, 1.54) is 0 Å². The maximum Gasteiger partial charge on any atom is 0.0721 e. The summed E-state index contributed by atoms with van der Waals surface area (Å²) in [5.41, 5.74) is 0.183. The summed E-state index contributed by atoms with van der Waals surface area (Å²) in [5.74, 6) is 0.549. The first-order valence-electron chi connectivity index (χ1n) is 4.31. The van der Waals surface area contributed by atoms with Gasteiger partial charge in [-0.05, 0) is 18.3 Å². The quantitative estimate of drug-likeness (QED) is 0.600. The molecule has 1 atom stereocenters. The van der Waals surface area contributed by atoms with Crippen molar-refractivity contribution in [1.82, 2.24) is 0 Å². The van der Waals surface area contributed by atoms with Gasteiger partial charge in [-0.15, -0.1) is 0 Å². The van der Waals surface area contributed by atoms with Gasteiger partial charge in [-0.3, -0.25) is 0 Å². The van der Waals surface area contributed by atoms with Crippen LogP contribution in [0.25, 0.3) is 0 Å². The Kier molecular flexibility index (Phi) is 3.13. The second-order valence-corrected chi connectivity index (χ2v) is 4.72. The Morgan fingerprint density at radius 2 is 1.36 bits per heavy atom. The topological polar surface area (TPSA) is 9.23 Å². The van der Waals surface area contributed by atoms with Gasteiger partial charge in [0, 0.05) is 7.11 Å². The van der Waals surface area contributed by atoms with Crippen molar-refractivity contribution in [3.63, 3.8) is 0 Å². The number of hydrogen-bond acceptors (Lipinski definition) is 1. The van der Waals surface area contributed by atoms with Gasteiger partial charge in [0.25, 0.3) is 0 Å². The Bertz CT molecular complexity index is 121. The van der Waals surface area contributed by atoms with Gasteiger partial charge in [-0.1, -0.05) is 34.6 Å². The van der Waals surface area contributed by atoms with Gasteiger partial charge in [-0.2, -0.15) is 0 Å². The molecule has 0 amide bonds. The van der Waals surface area contributed by atoms with E-state index in [9.17, 15) is 0 Å². The van der Waals surface area contributed by atoms with Crippen molar-refractivity contribution in [1.29, 1.82) is 0 Å². The van der Waals surface area contributed by atoms with Crippen LogP contribution >= 0.6 is 0 Å². The Balaban J connectivity index is 4.61. The third kappa shape index (κ3) is 1.96. The minimum Gasteiger partial charge on any atom is -0.378 e. The zero-order valence-electron chi connectivity index (χ0n) is 8.99. The van der Waals surface area contributed by atoms with Crippen LogP contribution in [-0.2, 0) is 4.74 Å². The Labute approximate surface area is 71.1 Å². The van der Waals surface area contributed by atoms with Crippen LogP contribution in [0.3, 0.4) is 0 Å². The van der Waals surface area contributed by atoms with E-state index in [4.69, 9.17) is 4.74 Å². The molecule has 0 N–H and O–H groups in total. The molecule has 0 saturated carbocycles. The molecule has 0 heterocycles. The summed E-state index contributed by atoms with van der Waals surface area (Å²) in [7, 11) is 1.80. The second kappa shape index (κ2) is 3.14. The first-order valence-corrected chi connectivity index (χ1v) is 4.31. The van der Waals surface area contributed by atoms with Gasteiger partial charge in [0.15, 0.2) is 0 Å². The molecular weight excluding hydrogens is 136 g/mol. The second-order valence-electron chi connectivity index (χ2n) is 4.72. The molecule has 1 nitrogen and oxygen atoms in total. The van der Waals surface area contributed by atoms with Gasteiger partial charge in [0.05, 0.1) is 5.60 Å². The molecule has 11 heavy (non-hydrogen) atoms. The van der Waals surface area contributed by atoms with Gasteiger partial charge in [0.1, 0.15) is 0 Å². The van der Waals surface area contributed by atoms with E-state index >= 15 is 0 Å². The molecule has 0 radical (unpaired) electrons. The number of rotatable bonds is 2. The standard InChI is InChI=1S/C10H22O/c1-8(2)10(6,11-7)9(3,4)5/h8H,1-7H3/t10-/m0/s1. The zero-order chi connectivity index (χ0) is 9.28. The van der Waals surface area contributed by atoms with Crippen LogP contribution in [-0.4, -0.2) is 12.7 Å². The van der Waals surface area contributed by atoms with Crippen LogP contribution in [0.5, 0.6) is 0 Å². The fraction of sp³-hybridized carbons (Fsp3) is 1.00. The zero-order valence-corrected chi connectivity index (χ0v) is 8.99. The van der Waals surface area contributed by atoms with Crippen molar-refractivity contribution in [3.8, 4) is 0 Å². The monoisotopic (exact) mass is 158 g/mol. The Morgan fingerprint density at radius 3 is 1.36 bits per heavy atom. The highest BCUT2D eigenvalue weighted by molar-refractivity contribution is 4.90. The van der Waals surface area contributed by atoms with E-state index in [0.717, 1.165) is 0 Å². The van der Waals surface area contributed by atoms with E-state index in [0.29, 0.717) is 5.92 Å². The van der Waals surface area contributed by atoms with E-state index in [1.807, 2.05) is 0 Å². The number of methoxy groups -OCH3 is 1. The van der Waals surface area contributed by atoms with E-state index < -0.39 is 0 Å². The normalized spacial score (nSPS) is 18.5. The highest BCUT2D eigenvalue weighted by Gasteiger charge is 2.40. The lowest BCUT2D eigenvalue weighted by molar-refractivity contribution is -0.110. The first kappa shape index (κ1) is 11.0. The van der Waals surface area contributed by atoms with Crippen molar-refractivity contribution in [2.75, 3.05) is 7.11 Å². The largest absolute Gasteiger partial charge is 0.378 e. The smallest absolute Gasteiger partial charge is 0.0721 e. The number of hydrogen-bond donors (Lipinski definition) is 0. The van der Waals surface area contributed by atoms with Gasteiger partial charge < -0.3 is 4.74 Å². The lowest BCUT2D eigenvalue weighted by Crippen LogP contribution is -2.46. The van der Waals surface area contributed by atoms with Crippen LogP contribution in [0.1, 0.15) is 41.5 Å². The molecule has 0 unspecified atom stereocenters. The van der Waals surface area contributed by atoms with Gasteiger partial charge in [0.2, 0.25) is 0 Å². The number of ether oxygens (including phenoxy) is 1. The summed E-state index contributed by atoms with van der Waals surface area (Å²) in [6, 6.07) is 0. The molecule has 0 aliphatic heterocycles. The molecule has 0 saturated heterocycles. The van der Waals surface area contributed by atoms with Gasteiger partial charge in [-0.25, -0.2) is 0 Å². The molecule has 0 rings (SSSR count). The van der Waals surface area contributed by atoms with E-state index in [-0.39, 0.29) is 11.0 Å². The first-order chi connectivity index (χ1) is 4.75. The van der Waals surface area contributed by atoms with Crippen molar-refractivity contribution in [3.05, 3.63) is 0 Å². The van der Waals surface area contributed by atoms with Crippen LogP contribution in [0.4, 0.5) is 0 Å². The third-order valence-electron chi connectivity index (χ3n) is 3.01. The fourth-order valence-corrected chi connectivity index (χ4v) is 1.41. The van der Waals surface area contributed by atoms with Crippen molar-refractivity contribution in [2.24, 2.45) is 11.3 Å². The summed E-state index contributed by atoms with van der Waals surface area (Å²) in [6.07, 6.45) is 0. The van der Waals surface area contributed by atoms with Crippen molar-refractivity contribution in [2.45, 2.75) is 47.1 Å². The third-order valence-corrected chi connectivity index (χ3v) is 3.01. The Morgan fingerprint density at radius 1 is 1.00 bits per heavy atom. The minimum atomic E-state index is -0.0208. The predicted molar refractivity (Wildman–Crippen MR) is 49.7 cm³/mol. The molecule has 0 bridgehead atoms. The van der Waals surface area contributed by atoms with Crippen LogP contribution in [0.2, 0.25) is 0 Å². The fourth-order valence-electron chi connectivity index (χ4n) is 1.41. The summed E-state index contributed by atoms with van der Waals surface area (Å²) in [6.45, 7) is 13.2. The Hall–Kier alpha value is -0.0400. The SMILES string of the molecule is CO[C@@](C)(C(C)C)C(C)(C)C. The van der Waals surface area contributed by atoms with E-state index in [1.54, 1.807) is 7.11 Å². The summed E-state index contributed by atoms with van der Waals surface area (Å²) >= 11 is 0. The highest BCUT2D eigenvalue weighted by atomic mass is 16.5. The summed E-state index contributed by atoms with van der Waals surface area (Å²) in [5, 5.41) is 0. The average Bonchev–Trinajstić information content (AvgIpc) is 1.83. The molecule has 0 aliphatic carbocycles. The molecule has 68 valence electrons. The molecular formula is C10H22O. The van der Waals surface area contributed by atoms with Gasteiger partial charge >= 0.3 is 0 Å². The highest BCUT2D eigenvalue weighted by Crippen LogP contribution is 2.38. The van der Waals surface area contributed by atoms with E-state index in [2.05, 4.69) is 41.5 Å². The van der Waals surface area contributed by atoms with Crippen LogP contribution in [0.15, 0.2) is 0 Å². The predicted octanol–water partition coefficient (Wildman–Crippen LogP) is 3.09. The van der Waals surface area contributed by atoms with Crippen molar-refractivity contribution < 1.29 is 4.74 Å². The van der Waals surface area contributed by atoms with Crippen LogP contribution in [0, 0.1) is 11.3 Å². The molecule has 0 aromatic carbocycles. The maximum absolute atomic E-state index is 5.56. The molecule has 0 aromatic heterocycles.